The van der Waals surface area contributed by atoms with Gasteiger partial charge in [0.15, 0.2) is 5.96 Å². The molecule has 1 aromatic rings. The van der Waals surface area contributed by atoms with Gasteiger partial charge in [-0.3, -0.25) is 9.79 Å². The summed E-state index contributed by atoms with van der Waals surface area (Å²) in [6.45, 7) is 3.68. The molecule has 0 spiro atoms. The molecule has 0 atom stereocenters. The molecule has 5 nitrogen and oxygen atoms in total. The fourth-order valence-corrected chi connectivity index (χ4v) is 1.57. The molecule has 3 N–H and O–H groups in total. The van der Waals surface area contributed by atoms with E-state index in [2.05, 4.69) is 27.9 Å². The summed E-state index contributed by atoms with van der Waals surface area (Å²) < 4.78 is 0. The maximum absolute atomic E-state index is 11.4. The van der Waals surface area contributed by atoms with Crippen molar-refractivity contribution in [2.75, 3.05) is 20.6 Å². The number of hydrogen-bond acceptors (Lipinski definition) is 2. The van der Waals surface area contributed by atoms with Crippen LogP contribution < -0.4 is 16.0 Å². The van der Waals surface area contributed by atoms with Crippen LogP contribution in [0.15, 0.2) is 29.3 Å². The van der Waals surface area contributed by atoms with E-state index in [4.69, 9.17) is 0 Å². The van der Waals surface area contributed by atoms with Crippen molar-refractivity contribution in [3.8, 4) is 0 Å². The van der Waals surface area contributed by atoms with Crippen LogP contribution >= 0.6 is 0 Å². The van der Waals surface area contributed by atoms with E-state index >= 15 is 0 Å². The third kappa shape index (κ3) is 4.99. The van der Waals surface area contributed by atoms with Gasteiger partial charge < -0.3 is 16.0 Å². The smallest absolute Gasteiger partial charge is 0.251 e. The van der Waals surface area contributed by atoms with Gasteiger partial charge in [-0.1, -0.05) is 19.1 Å². The Labute approximate surface area is 114 Å². The first-order valence-electron chi connectivity index (χ1n) is 6.46. The molecule has 0 bridgehead atoms. The number of carbonyl (C=O) groups is 1. The summed E-state index contributed by atoms with van der Waals surface area (Å²) in [6.07, 6.45) is 1.06. The van der Waals surface area contributed by atoms with E-state index < -0.39 is 0 Å². The van der Waals surface area contributed by atoms with Gasteiger partial charge in [0.2, 0.25) is 0 Å². The molecule has 0 aromatic heterocycles. The zero-order valence-electron chi connectivity index (χ0n) is 11.8. The van der Waals surface area contributed by atoms with Crippen LogP contribution in [0.2, 0.25) is 0 Å². The van der Waals surface area contributed by atoms with E-state index in [0.29, 0.717) is 12.1 Å². The van der Waals surface area contributed by atoms with Crippen LogP contribution in [-0.2, 0) is 6.54 Å². The maximum atomic E-state index is 11.4. The van der Waals surface area contributed by atoms with Gasteiger partial charge >= 0.3 is 0 Å². The SMILES string of the molecule is CCCNC(=NC)NCc1ccc(C(=O)NC)cc1. The molecular weight excluding hydrogens is 240 g/mol. The van der Waals surface area contributed by atoms with Crippen molar-refractivity contribution in [3.63, 3.8) is 0 Å². The van der Waals surface area contributed by atoms with Crippen molar-refractivity contribution in [2.45, 2.75) is 19.9 Å². The lowest BCUT2D eigenvalue weighted by Gasteiger charge is -2.11. The minimum absolute atomic E-state index is 0.0695. The van der Waals surface area contributed by atoms with E-state index in [-0.39, 0.29) is 5.91 Å². The summed E-state index contributed by atoms with van der Waals surface area (Å²) in [5.41, 5.74) is 1.77. The van der Waals surface area contributed by atoms with Crippen LogP contribution in [0, 0.1) is 0 Å². The molecule has 1 rings (SSSR count). The van der Waals surface area contributed by atoms with Crippen molar-refractivity contribution < 1.29 is 4.79 Å². The lowest BCUT2D eigenvalue weighted by Crippen LogP contribution is -2.37. The predicted molar refractivity (Wildman–Crippen MR) is 78.3 cm³/mol. The Balaban J connectivity index is 2.51. The van der Waals surface area contributed by atoms with Crippen LogP contribution in [0.25, 0.3) is 0 Å². The quantitative estimate of drug-likeness (QED) is 0.550. The highest BCUT2D eigenvalue weighted by molar-refractivity contribution is 5.93. The van der Waals surface area contributed by atoms with Gasteiger partial charge in [0.1, 0.15) is 0 Å². The Morgan fingerprint density at radius 3 is 2.42 bits per heavy atom. The molecule has 0 aliphatic heterocycles. The molecule has 0 aliphatic carbocycles. The van der Waals surface area contributed by atoms with Crippen molar-refractivity contribution in [1.29, 1.82) is 0 Å². The molecule has 0 fully saturated rings. The predicted octanol–water partition coefficient (Wildman–Crippen LogP) is 1.12. The normalized spacial score (nSPS) is 11.0. The van der Waals surface area contributed by atoms with Crippen molar-refractivity contribution in [1.82, 2.24) is 16.0 Å². The third-order valence-electron chi connectivity index (χ3n) is 2.67. The second-order valence-corrected chi connectivity index (χ2v) is 4.13. The van der Waals surface area contributed by atoms with E-state index in [1.165, 1.54) is 0 Å². The number of benzene rings is 1. The summed E-state index contributed by atoms with van der Waals surface area (Å²) in [7, 11) is 3.38. The van der Waals surface area contributed by atoms with Crippen LogP contribution in [0.5, 0.6) is 0 Å². The molecule has 0 saturated heterocycles. The Kier molecular flexibility index (Phi) is 6.43. The zero-order valence-corrected chi connectivity index (χ0v) is 11.8. The number of hydrogen-bond donors (Lipinski definition) is 3. The first-order chi connectivity index (χ1) is 9.21. The topological polar surface area (TPSA) is 65.5 Å². The average molecular weight is 262 g/mol. The van der Waals surface area contributed by atoms with Crippen LogP contribution in [0.1, 0.15) is 29.3 Å². The number of amides is 1. The molecular formula is C14H22N4O. The highest BCUT2D eigenvalue weighted by Crippen LogP contribution is 2.04. The molecule has 19 heavy (non-hydrogen) atoms. The summed E-state index contributed by atoms with van der Waals surface area (Å²) >= 11 is 0. The average Bonchev–Trinajstić information content (AvgIpc) is 2.47. The molecule has 0 heterocycles. The monoisotopic (exact) mass is 262 g/mol. The van der Waals surface area contributed by atoms with Gasteiger partial charge in [0.25, 0.3) is 5.91 Å². The summed E-state index contributed by atoms with van der Waals surface area (Å²) in [5.74, 6) is 0.720. The summed E-state index contributed by atoms with van der Waals surface area (Å²) in [5, 5.41) is 9.02. The summed E-state index contributed by atoms with van der Waals surface area (Å²) in [6, 6.07) is 7.51. The first-order valence-corrected chi connectivity index (χ1v) is 6.46. The Hall–Kier alpha value is -2.04. The van der Waals surface area contributed by atoms with Crippen LogP contribution in [0.4, 0.5) is 0 Å². The van der Waals surface area contributed by atoms with Crippen LogP contribution in [0.3, 0.4) is 0 Å². The highest BCUT2D eigenvalue weighted by Gasteiger charge is 2.02. The molecule has 104 valence electrons. The fraction of sp³-hybridized carbons (Fsp3) is 0.429. The number of rotatable bonds is 5. The van der Waals surface area contributed by atoms with E-state index in [1.54, 1.807) is 14.1 Å². The molecule has 1 aromatic carbocycles. The van der Waals surface area contributed by atoms with Crippen molar-refractivity contribution in [3.05, 3.63) is 35.4 Å². The Morgan fingerprint density at radius 1 is 1.21 bits per heavy atom. The first kappa shape index (κ1) is 15.0. The van der Waals surface area contributed by atoms with Gasteiger partial charge in [-0.05, 0) is 24.1 Å². The van der Waals surface area contributed by atoms with Gasteiger partial charge in [-0.25, -0.2) is 0 Å². The standard InChI is InChI=1S/C14H22N4O/c1-4-9-17-14(16-3)18-10-11-5-7-12(8-6-11)13(19)15-2/h5-8H,4,9-10H2,1-3H3,(H,15,19)(H2,16,17,18). The second-order valence-electron chi connectivity index (χ2n) is 4.13. The van der Waals surface area contributed by atoms with E-state index in [1.807, 2.05) is 24.3 Å². The number of guanidine groups is 1. The molecule has 0 unspecified atom stereocenters. The number of nitrogens with zero attached hydrogens (tertiary/aromatic N) is 1. The minimum atomic E-state index is -0.0695. The van der Waals surface area contributed by atoms with Gasteiger partial charge in [-0.2, -0.15) is 0 Å². The Morgan fingerprint density at radius 2 is 1.89 bits per heavy atom. The fourth-order valence-electron chi connectivity index (χ4n) is 1.57. The lowest BCUT2D eigenvalue weighted by molar-refractivity contribution is 0.0963. The van der Waals surface area contributed by atoms with Gasteiger partial charge in [0.05, 0.1) is 0 Å². The summed E-state index contributed by atoms with van der Waals surface area (Å²) in [4.78, 5) is 15.5. The number of carbonyl (C=O) groups excluding carboxylic acids is 1. The Bertz CT molecular complexity index is 426. The van der Waals surface area contributed by atoms with E-state index in [9.17, 15) is 4.79 Å². The van der Waals surface area contributed by atoms with E-state index in [0.717, 1.165) is 24.5 Å². The van der Waals surface area contributed by atoms with Crippen molar-refractivity contribution in [2.24, 2.45) is 4.99 Å². The largest absolute Gasteiger partial charge is 0.356 e. The lowest BCUT2D eigenvalue weighted by atomic mass is 10.1. The molecule has 5 heteroatoms. The molecule has 0 aliphatic rings. The van der Waals surface area contributed by atoms with Gasteiger partial charge in [0, 0.05) is 32.7 Å². The minimum Gasteiger partial charge on any atom is -0.356 e. The van der Waals surface area contributed by atoms with Crippen LogP contribution in [-0.4, -0.2) is 32.5 Å². The second kappa shape index (κ2) is 8.13. The number of nitrogens with one attached hydrogen (secondary N) is 3. The highest BCUT2D eigenvalue weighted by atomic mass is 16.1. The maximum Gasteiger partial charge on any atom is 0.251 e. The molecule has 0 saturated carbocycles. The van der Waals surface area contributed by atoms with Gasteiger partial charge in [-0.15, -0.1) is 0 Å². The molecule has 1 amide bonds. The molecule has 0 radical (unpaired) electrons. The zero-order chi connectivity index (χ0) is 14.1. The third-order valence-corrected chi connectivity index (χ3v) is 2.67. The van der Waals surface area contributed by atoms with Crippen molar-refractivity contribution >= 4 is 11.9 Å². The number of aliphatic imine (C=N–C) groups is 1.